The Morgan fingerprint density at radius 3 is 2.48 bits per heavy atom. The molecule has 0 aliphatic carbocycles. The van der Waals surface area contributed by atoms with Gasteiger partial charge in [0.15, 0.2) is 0 Å². The van der Waals surface area contributed by atoms with Crippen molar-refractivity contribution in [3.05, 3.63) is 66.0 Å². The fraction of sp³-hybridized carbons (Fsp3) is 0.278. The molecule has 0 saturated heterocycles. The van der Waals surface area contributed by atoms with Gasteiger partial charge in [-0.15, -0.1) is 0 Å². The Bertz CT molecular complexity index is 597. The number of hydrogen-bond donors (Lipinski definition) is 1. The molecule has 2 aromatic carbocycles. The summed E-state index contributed by atoms with van der Waals surface area (Å²) in [5.41, 5.74) is 1.48. The van der Waals surface area contributed by atoms with Gasteiger partial charge in [-0.1, -0.05) is 56.7 Å². The molecular formula is C18H20FNO. The van der Waals surface area contributed by atoms with E-state index in [4.69, 9.17) is 0 Å². The van der Waals surface area contributed by atoms with Crippen molar-refractivity contribution in [1.29, 1.82) is 0 Å². The van der Waals surface area contributed by atoms with Crippen molar-refractivity contribution in [2.75, 3.05) is 5.32 Å². The van der Waals surface area contributed by atoms with Crippen molar-refractivity contribution in [3.63, 3.8) is 0 Å². The van der Waals surface area contributed by atoms with Crippen molar-refractivity contribution in [1.82, 2.24) is 0 Å². The van der Waals surface area contributed by atoms with E-state index >= 15 is 0 Å². The van der Waals surface area contributed by atoms with Crippen molar-refractivity contribution in [2.45, 2.75) is 26.2 Å². The minimum Gasteiger partial charge on any atom is -0.325 e. The molecule has 1 amide bonds. The van der Waals surface area contributed by atoms with Gasteiger partial charge in [0, 0.05) is 5.69 Å². The van der Waals surface area contributed by atoms with Crippen LogP contribution in [0.2, 0.25) is 0 Å². The molecule has 2 nitrogen and oxygen atoms in total. The van der Waals surface area contributed by atoms with Crippen LogP contribution >= 0.6 is 0 Å². The number of halogens is 1. The molecule has 0 heterocycles. The maximum absolute atomic E-state index is 13.2. The van der Waals surface area contributed by atoms with Crippen LogP contribution in [0.1, 0.15) is 31.7 Å². The van der Waals surface area contributed by atoms with Gasteiger partial charge < -0.3 is 5.32 Å². The molecule has 0 aliphatic heterocycles. The van der Waals surface area contributed by atoms with Crippen LogP contribution in [0.4, 0.5) is 10.1 Å². The molecule has 0 fully saturated rings. The molecule has 2 rings (SSSR count). The number of carbonyl (C=O) groups is 1. The van der Waals surface area contributed by atoms with Crippen LogP contribution in [0, 0.1) is 11.7 Å². The zero-order valence-electron chi connectivity index (χ0n) is 12.3. The van der Waals surface area contributed by atoms with E-state index in [1.165, 1.54) is 12.1 Å². The Hall–Kier alpha value is -2.16. The van der Waals surface area contributed by atoms with Gasteiger partial charge in [0.2, 0.25) is 5.91 Å². The Morgan fingerprint density at radius 1 is 1.14 bits per heavy atom. The van der Waals surface area contributed by atoms with Gasteiger partial charge in [0.25, 0.3) is 0 Å². The number of benzene rings is 2. The third-order valence-electron chi connectivity index (χ3n) is 3.75. The van der Waals surface area contributed by atoms with E-state index < -0.39 is 0 Å². The average Bonchev–Trinajstić information content (AvgIpc) is 2.48. The lowest BCUT2D eigenvalue weighted by Gasteiger charge is -2.22. The summed E-state index contributed by atoms with van der Waals surface area (Å²) < 4.78 is 13.2. The number of anilines is 1. The highest BCUT2D eigenvalue weighted by Crippen LogP contribution is 2.28. The summed E-state index contributed by atoms with van der Waals surface area (Å²) in [6.45, 7) is 4.12. The Morgan fingerprint density at radius 2 is 1.86 bits per heavy atom. The first kappa shape index (κ1) is 15.2. The Labute approximate surface area is 125 Å². The van der Waals surface area contributed by atoms with Crippen molar-refractivity contribution < 1.29 is 9.18 Å². The van der Waals surface area contributed by atoms with Crippen LogP contribution in [-0.2, 0) is 4.79 Å². The maximum atomic E-state index is 13.2. The van der Waals surface area contributed by atoms with Crippen molar-refractivity contribution in [2.24, 2.45) is 5.92 Å². The predicted octanol–water partition coefficient (Wildman–Crippen LogP) is 4.59. The van der Waals surface area contributed by atoms with Crippen LogP contribution < -0.4 is 5.32 Å². The minimum atomic E-state index is -0.354. The standard InChI is InChI=1S/C18H20FNO/c1-3-13(2)17(14-8-5-4-6-9-14)18(21)20-16-11-7-10-15(19)12-16/h4-13,17H,3H2,1-2H3,(H,20,21). The van der Waals surface area contributed by atoms with Crippen molar-refractivity contribution in [3.8, 4) is 0 Å². The third-order valence-corrected chi connectivity index (χ3v) is 3.75. The number of nitrogens with one attached hydrogen (secondary N) is 1. The lowest BCUT2D eigenvalue weighted by atomic mass is 9.85. The van der Waals surface area contributed by atoms with E-state index in [0.717, 1.165) is 12.0 Å². The fourth-order valence-electron chi connectivity index (χ4n) is 2.42. The van der Waals surface area contributed by atoms with Gasteiger partial charge in [-0.3, -0.25) is 4.79 Å². The first-order valence-electron chi connectivity index (χ1n) is 7.23. The number of rotatable bonds is 5. The van der Waals surface area contributed by atoms with Gasteiger partial charge in [-0.25, -0.2) is 4.39 Å². The second-order valence-corrected chi connectivity index (χ2v) is 5.27. The molecule has 2 atom stereocenters. The molecule has 0 aliphatic rings. The second-order valence-electron chi connectivity index (χ2n) is 5.27. The number of hydrogen-bond acceptors (Lipinski definition) is 1. The molecule has 21 heavy (non-hydrogen) atoms. The molecule has 0 aromatic heterocycles. The SMILES string of the molecule is CCC(C)C(C(=O)Nc1cccc(F)c1)c1ccccc1. The minimum absolute atomic E-state index is 0.0962. The second kappa shape index (κ2) is 7.02. The van der Waals surface area contributed by atoms with Crippen LogP contribution in [-0.4, -0.2) is 5.91 Å². The molecule has 3 heteroatoms. The summed E-state index contributed by atoms with van der Waals surface area (Å²) in [6, 6.07) is 15.7. The molecule has 0 saturated carbocycles. The van der Waals surface area contributed by atoms with Crippen LogP contribution in [0.3, 0.4) is 0 Å². The highest BCUT2D eigenvalue weighted by Gasteiger charge is 2.25. The average molecular weight is 285 g/mol. The number of carbonyl (C=O) groups excluding carboxylic acids is 1. The fourth-order valence-corrected chi connectivity index (χ4v) is 2.42. The topological polar surface area (TPSA) is 29.1 Å². The van der Waals surface area contributed by atoms with Gasteiger partial charge in [-0.2, -0.15) is 0 Å². The summed E-state index contributed by atoms with van der Waals surface area (Å²) in [6.07, 6.45) is 0.899. The van der Waals surface area contributed by atoms with Gasteiger partial charge >= 0.3 is 0 Å². The third kappa shape index (κ3) is 3.91. The molecule has 110 valence electrons. The summed E-state index contributed by atoms with van der Waals surface area (Å²) >= 11 is 0. The monoisotopic (exact) mass is 285 g/mol. The smallest absolute Gasteiger partial charge is 0.232 e. The van der Waals surface area contributed by atoms with Crippen molar-refractivity contribution >= 4 is 11.6 Å². The first-order valence-corrected chi connectivity index (χ1v) is 7.23. The maximum Gasteiger partial charge on any atom is 0.232 e. The molecule has 0 radical (unpaired) electrons. The summed E-state index contributed by atoms with van der Waals surface area (Å²) in [4.78, 5) is 12.6. The first-order chi connectivity index (χ1) is 10.1. The lowest BCUT2D eigenvalue weighted by molar-refractivity contribution is -0.118. The Kier molecular flexibility index (Phi) is 5.09. The van der Waals surface area contributed by atoms with Gasteiger partial charge in [0.1, 0.15) is 5.82 Å². The molecular weight excluding hydrogens is 265 g/mol. The predicted molar refractivity (Wildman–Crippen MR) is 83.7 cm³/mol. The van der Waals surface area contributed by atoms with Crippen LogP contribution in [0.5, 0.6) is 0 Å². The highest BCUT2D eigenvalue weighted by atomic mass is 19.1. The largest absolute Gasteiger partial charge is 0.325 e. The zero-order chi connectivity index (χ0) is 15.2. The quantitative estimate of drug-likeness (QED) is 0.855. The molecule has 1 N–H and O–H groups in total. The van der Waals surface area contributed by atoms with E-state index in [1.54, 1.807) is 12.1 Å². The van der Waals surface area contributed by atoms with Gasteiger partial charge in [0.05, 0.1) is 5.92 Å². The van der Waals surface area contributed by atoms with E-state index in [2.05, 4.69) is 19.2 Å². The lowest BCUT2D eigenvalue weighted by Crippen LogP contribution is -2.26. The van der Waals surface area contributed by atoms with Crippen LogP contribution in [0.15, 0.2) is 54.6 Å². The van der Waals surface area contributed by atoms with E-state index in [-0.39, 0.29) is 23.6 Å². The van der Waals surface area contributed by atoms with E-state index in [9.17, 15) is 9.18 Å². The Balaban J connectivity index is 2.23. The summed E-state index contributed by atoms with van der Waals surface area (Å²) in [7, 11) is 0. The number of amides is 1. The zero-order valence-corrected chi connectivity index (χ0v) is 12.3. The van der Waals surface area contributed by atoms with Crippen LogP contribution in [0.25, 0.3) is 0 Å². The molecule has 0 bridgehead atoms. The van der Waals surface area contributed by atoms with Gasteiger partial charge in [-0.05, 0) is 29.7 Å². The highest BCUT2D eigenvalue weighted by molar-refractivity contribution is 5.96. The van der Waals surface area contributed by atoms with E-state index in [1.807, 2.05) is 30.3 Å². The van der Waals surface area contributed by atoms with E-state index in [0.29, 0.717) is 5.69 Å². The molecule has 2 unspecified atom stereocenters. The molecule has 0 spiro atoms. The molecule has 2 aromatic rings. The summed E-state index contributed by atoms with van der Waals surface area (Å²) in [5.74, 6) is -0.478. The summed E-state index contributed by atoms with van der Waals surface area (Å²) in [5, 5.41) is 2.82. The normalized spacial score (nSPS) is 13.5.